The number of carbonyl (C=O) groups excluding carboxylic acids is 1. The van der Waals surface area contributed by atoms with E-state index < -0.39 is 6.04 Å². The Bertz CT molecular complexity index is 1260. The maximum Gasteiger partial charge on any atom is 0.322 e. The summed E-state index contributed by atoms with van der Waals surface area (Å²) in [7, 11) is 0. The first-order chi connectivity index (χ1) is 15.6. The summed E-state index contributed by atoms with van der Waals surface area (Å²) in [5, 5.41) is 7.29. The molecule has 0 saturated carbocycles. The molecule has 1 aliphatic rings. The Morgan fingerprint density at radius 2 is 1.78 bits per heavy atom. The van der Waals surface area contributed by atoms with Gasteiger partial charge in [0.2, 0.25) is 5.82 Å². The molecule has 1 unspecified atom stereocenters. The Balaban J connectivity index is 1.60. The van der Waals surface area contributed by atoms with Crippen LogP contribution in [0.5, 0.6) is 0 Å². The standard InChI is InChI=1S/C25H22N4O3/c1-16-10-12-18(13-11-16)22-21(24-27-23(28-32-24)19-7-4-3-5-8-19)17(2)29(25(30)26-22)15-20-9-6-14-31-20/h3-14,22H,15H2,1-2H3,(H,26,30). The van der Waals surface area contributed by atoms with Crippen LogP contribution in [0, 0.1) is 6.92 Å². The first kappa shape index (κ1) is 19.8. The minimum Gasteiger partial charge on any atom is -0.467 e. The second kappa shape index (κ2) is 8.19. The Hall–Kier alpha value is -4.13. The third-order valence-corrected chi connectivity index (χ3v) is 5.59. The van der Waals surface area contributed by atoms with Crippen molar-refractivity contribution in [2.24, 2.45) is 0 Å². The number of urea groups is 1. The molecule has 5 rings (SSSR count). The maximum absolute atomic E-state index is 13.1. The summed E-state index contributed by atoms with van der Waals surface area (Å²) in [4.78, 5) is 19.4. The molecular weight excluding hydrogens is 404 g/mol. The average molecular weight is 426 g/mol. The van der Waals surface area contributed by atoms with Crippen molar-refractivity contribution < 1.29 is 13.7 Å². The topological polar surface area (TPSA) is 84.4 Å². The van der Waals surface area contributed by atoms with E-state index in [0.717, 1.165) is 28.0 Å². The van der Waals surface area contributed by atoms with Crippen molar-refractivity contribution >= 4 is 11.6 Å². The fraction of sp³-hybridized carbons (Fsp3) is 0.160. The molecule has 0 bridgehead atoms. The number of nitrogens with zero attached hydrogens (tertiary/aromatic N) is 3. The minimum absolute atomic E-state index is 0.212. The fourth-order valence-corrected chi connectivity index (χ4v) is 3.85. The van der Waals surface area contributed by atoms with Crippen LogP contribution in [0.25, 0.3) is 17.0 Å². The molecule has 3 heterocycles. The number of hydrogen-bond acceptors (Lipinski definition) is 5. The summed E-state index contributed by atoms with van der Waals surface area (Å²) >= 11 is 0. The lowest BCUT2D eigenvalue weighted by molar-refractivity contribution is 0.199. The van der Waals surface area contributed by atoms with Crippen molar-refractivity contribution in [2.75, 3.05) is 0 Å². The van der Waals surface area contributed by atoms with Gasteiger partial charge in [-0.05, 0) is 31.5 Å². The largest absolute Gasteiger partial charge is 0.467 e. The van der Waals surface area contributed by atoms with Crippen LogP contribution in [-0.2, 0) is 6.54 Å². The lowest BCUT2D eigenvalue weighted by Crippen LogP contribution is -2.45. The number of allylic oxidation sites excluding steroid dienone is 1. The van der Waals surface area contributed by atoms with Crippen molar-refractivity contribution in [1.29, 1.82) is 0 Å². The summed E-state index contributed by atoms with van der Waals surface area (Å²) in [6, 6.07) is 20.7. The van der Waals surface area contributed by atoms with E-state index in [0.29, 0.717) is 24.0 Å². The van der Waals surface area contributed by atoms with Crippen LogP contribution >= 0.6 is 0 Å². The third-order valence-electron chi connectivity index (χ3n) is 5.59. The summed E-state index contributed by atoms with van der Waals surface area (Å²) < 4.78 is 11.2. The van der Waals surface area contributed by atoms with Crippen LogP contribution in [0.15, 0.2) is 87.6 Å². The highest BCUT2D eigenvalue weighted by Crippen LogP contribution is 2.38. The van der Waals surface area contributed by atoms with Crippen molar-refractivity contribution in [2.45, 2.75) is 26.4 Å². The molecule has 2 aromatic carbocycles. The highest BCUT2D eigenvalue weighted by Gasteiger charge is 2.36. The van der Waals surface area contributed by atoms with Crippen LogP contribution in [0.4, 0.5) is 4.79 Å². The number of benzene rings is 2. The lowest BCUT2D eigenvalue weighted by atomic mass is 9.94. The van der Waals surface area contributed by atoms with Gasteiger partial charge in [0.15, 0.2) is 0 Å². The van der Waals surface area contributed by atoms with Gasteiger partial charge in [0.25, 0.3) is 5.89 Å². The zero-order valence-electron chi connectivity index (χ0n) is 17.8. The molecule has 1 N–H and O–H groups in total. The molecule has 160 valence electrons. The highest BCUT2D eigenvalue weighted by molar-refractivity contribution is 5.86. The predicted molar refractivity (Wildman–Crippen MR) is 119 cm³/mol. The first-order valence-electron chi connectivity index (χ1n) is 10.4. The van der Waals surface area contributed by atoms with Crippen LogP contribution in [0.1, 0.15) is 35.7 Å². The molecule has 2 aromatic heterocycles. The van der Waals surface area contributed by atoms with E-state index >= 15 is 0 Å². The van der Waals surface area contributed by atoms with E-state index in [1.807, 2.05) is 74.5 Å². The summed E-state index contributed by atoms with van der Waals surface area (Å²) in [6.07, 6.45) is 1.59. The SMILES string of the molecule is CC1=C(c2nc(-c3ccccc3)no2)C(c2ccc(C)cc2)NC(=O)N1Cc1ccco1. The minimum atomic E-state index is -0.417. The number of carbonyl (C=O) groups is 1. The Morgan fingerprint density at radius 3 is 2.50 bits per heavy atom. The molecule has 7 nitrogen and oxygen atoms in total. The van der Waals surface area contributed by atoms with E-state index in [4.69, 9.17) is 8.94 Å². The van der Waals surface area contributed by atoms with Gasteiger partial charge in [-0.3, -0.25) is 4.90 Å². The van der Waals surface area contributed by atoms with Crippen molar-refractivity contribution in [3.8, 4) is 11.4 Å². The smallest absolute Gasteiger partial charge is 0.322 e. The third kappa shape index (κ3) is 3.69. The van der Waals surface area contributed by atoms with Gasteiger partial charge in [-0.2, -0.15) is 4.98 Å². The second-order valence-electron chi connectivity index (χ2n) is 7.75. The fourth-order valence-electron chi connectivity index (χ4n) is 3.85. The van der Waals surface area contributed by atoms with Crippen molar-refractivity contribution in [1.82, 2.24) is 20.4 Å². The van der Waals surface area contributed by atoms with Crippen molar-refractivity contribution in [3.05, 3.63) is 101 Å². The molecule has 32 heavy (non-hydrogen) atoms. The van der Waals surface area contributed by atoms with E-state index in [2.05, 4.69) is 15.5 Å². The maximum atomic E-state index is 13.1. The Labute approximate surface area is 185 Å². The molecule has 0 aliphatic carbocycles. The number of rotatable bonds is 5. The van der Waals surface area contributed by atoms with Gasteiger partial charge in [-0.15, -0.1) is 0 Å². The van der Waals surface area contributed by atoms with Crippen LogP contribution in [0.2, 0.25) is 0 Å². The Kier molecular flexibility index (Phi) is 5.07. The molecule has 2 amide bonds. The molecule has 1 atom stereocenters. The van der Waals surface area contributed by atoms with E-state index in [1.54, 1.807) is 17.2 Å². The van der Waals surface area contributed by atoms with Gasteiger partial charge < -0.3 is 14.3 Å². The number of amides is 2. The molecular formula is C25H22N4O3. The summed E-state index contributed by atoms with van der Waals surface area (Å²) in [5.74, 6) is 1.55. The highest BCUT2D eigenvalue weighted by atomic mass is 16.5. The normalized spacial score (nSPS) is 16.4. The van der Waals surface area contributed by atoms with Gasteiger partial charge >= 0.3 is 6.03 Å². The van der Waals surface area contributed by atoms with Crippen LogP contribution in [-0.4, -0.2) is 21.1 Å². The van der Waals surface area contributed by atoms with Crippen LogP contribution in [0.3, 0.4) is 0 Å². The van der Waals surface area contributed by atoms with Crippen molar-refractivity contribution in [3.63, 3.8) is 0 Å². The molecule has 0 radical (unpaired) electrons. The predicted octanol–water partition coefficient (Wildman–Crippen LogP) is 5.34. The quantitative estimate of drug-likeness (QED) is 0.466. The lowest BCUT2D eigenvalue weighted by Gasteiger charge is -2.34. The average Bonchev–Trinajstić information content (AvgIpc) is 3.50. The first-order valence-corrected chi connectivity index (χ1v) is 10.4. The van der Waals surface area contributed by atoms with Gasteiger partial charge in [0.1, 0.15) is 5.76 Å². The number of aryl methyl sites for hydroxylation is 1. The summed E-state index contributed by atoms with van der Waals surface area (Å²) in [6.45, 7) is 4.22. The summed E-state index contributed by atoms with van der Waals surface area (Å²) in [5.41, 5.74) is 4.44. The van der Waals surface area contributed by atoms with Gasteiger partial charge in [-0.25, -0.2) is 4.79 Å². The number of nitrogens with one attached hydrogen (secondary N) is 1. The zero-order chi connectivity index (χ0) is 22.1. The van der Waals surface area contributed by atoms with E-state index in [9.17, 15) is 4.79 Å². The Morgan fingerprint density at radius 1 is 1.00 bits per heavy atom. The molecule has 0 fully saturated rings. The van der Waals surface area contributed by atoms with Gasteiger partial charge in [0.05, 0.1) is 24.4 Å². The zero-order valence-corrected chi connectivity index (χ0v) is 17.8. The van der Waals surface area contributed by atoms with E-state index in [1.165, 1.54) is 0 Å². The number of furan rings is 1. The van der Waals surface area contributed by atoms with Gasteiger partial charge in [0, 0.05) is 11.3 Å². The number of hydrogen-bond donors (Lipinski definition) is 1. The van der Waals surface area contributed by atoms with Gasteiger partial charge in [-0.1, -0.05) is 65.3 Å². The second-order valence-corrected chi connectivity index (χ2v) is 7.75. The van der Waals surface area contributed by atoms with Crippen LogP contribution < -0.4 is 5.32 Å². The molecule has 4 aromatic rings. The number of aromatic nitrogens is 2. The molecule has 1 aliphatic heterocycles. The van der Waals surface area contributed by atoms with E-state index in [-0.39, 0.29) is 6.03 Å². The monoisotopic (exact) mass is 426 g/mol. The molecule has 0 saturated heterocycles. The molecule has 0 spiro atoms. The molecule has 7 heteroatoms.